The van der Waals surface area contributed by atoms with Crippen LogP contribution < -0.4 is 5.56 Å². The third kappa shape index (κ3) is 2.52. The molecule has 2 aromatic heterocycles. The zero-order valence-electron chi connectivity index (χ0n) is 13.9. The number of aromatic nitrogens is 3. The summed E-state index contributed by atoms with van der Waals surface area (Å²) in [5, 5.41) is 13.8. The molecule has 1 N–H and O–H groups in total. The van der Waals surface area contributed by atoms with Crippen LogP contribution in [0.1, 0.15) is 42.9 Å². The number of nitrogens with zero attached hydrogens (tertiary/aromatic N) is 3. The number of nitro groups is 1. The third-order valence-corrected chi connectivity index (χ3v) is 5.04. The molecule has 0 unspecified atom stereocenters. The Morgan fingerprint density at radius 2 is 1.92 bits per heavy atom. The molecule has 2 heterocycles. The molecule has 0 amide bonds. The van der Waals surface area contributed by atoms with Gasteiger partial charge >= 0.3 is 0 Å². The van der Waals surface area contributed by atoms with Crippen molar-refractivity contribution in [3.8, 4) is 11.1 Å². The van der Waals surface area contributed by atoms with Crippen LogP contribution in [-0.4, -0.2) is 19.5 Å². The fourth-order valence-corrected chi connectivity index (χ4v) is 3.79. The lowest BCUT2D eigenvalue weighted by Gasteiger charge is -2.11. The summed E-state index contributed by atoms with van der Waals surface area (Å²) in [6, 6.07) is 6.26. The smallest absolute Gasteiger partial charge is 0.276 e. The predicted octanol–water partition coefficient (Wildman–Crippen LogP) is 3.56. The highest BCUT2D eigenvalue weighted by Crippen LogP contribution is 2.34. The second-order valence-corrected chi connectivity index (χ2v) is 6.55. The number of H-pyrrole nitrogens is 1. The Hall–Kier alpha value is -2.96. The number of rotatable bonds is 3. The van der Waals surface area contributed by atoms with Gasteiger partial charge in [0, 0.05) is 35.2 Å². The van der Waals surface area contributed by atoms with Crippen LogP contribution in [0.15, 0.2) is 35.3 Å². The summed E-state index contributed by atoms with van der Waals surface area (Å²) in [4.78, 5) is 28.0. The molecular formula is C18H18N4O3. The normalized spacial score (nSPS) is 15.1. The van der Waals surface area contributed by atoms with Gasteiger partial charge in [-0.2, -0.15) is 0 Å². The van der Waals surface area contributed by atoms with E-state index in [4.69, 9.17) is 0 Å². The van der Waals surface area contributed by atoms with Crippen LogP contribution in [0, 0.1) is 17.0 Å². The molecule has 7 nitrogen and oxygen atoms in total. The number of aryl methyl sites for hydroxylation is 1. The monoisotopic (exact) mass is 338 g/mol. The second kappa shape index (κ2) is 5.84. The summed E-state index contributed by atoms with van der Waals surface area (Å²) in [5.41, 5.74) is 3.68. The van der Waals surface area contributed by atoms with Gasteiger partial charge in [0.1, 0.15) is 0 Å². The molecule has 128 valence electrons. The van der Waals surface area contributed by atoms with E-state index in [1.54, 1.807) is 18.3 Å². The van der Waals surface area contributed by atoms with Crippen LogP contribution in [-0.2, 0) is 0 Å². The number of benzene rings is 1. The van der Waals surface area contributed by atoms with Crippen LogP contribution in [0.2, 0.25) is 0 Å². The molecule has 0 radical (unpaired) electrons. The Bertz CT molecular complexity index is 1010. The molecule has 1 saturated carbocycles. The van der Waals surface area contributed by atoms with Gasteiger partial charge in [0.2, 0.25) is 0 Å². The minimum Gasteiger partial charge on any atom is -0.296 e. The first-order chi connectivity index (χ1) is 12.1. The van der Waals surface area contributed by atoms with Crippen LogP contribution >= 0.6 is 0 Å². The SMILES string of the molecule is Cc1nc2c(-c3ccc([N+](=O)[O-])cc3)c[nH]n2c(=O)c1C1CCCC1. The van der Waals surface area contributed by atoms with Gasteiger partial charge in [-0.1, -0.05) is 12.8 Å². The van der Waals surface area contributed by atoms with E-state index in [2.05, 4.69) is 10.1 Å². The quantitative estimate of drug-likeness (QED) is 0.583. The Kier molecular flexibility index (Phi) is 3.63. The van der Waals surface area contributed by atoms with E-state index >= 15 is 0 Å². The van der Waals surface area contributed by atoms with E-state index in [0.29, 0.717) is 11.6 Å². The van der Waals surface area contributed by atoms with Crippen LogP contribution in [0.4, 0.5) is 5.69 Å². The summed E-state index contributed by atoms with van der Waals surface area (Å²) in [7, 11) is 0. The van der Waals surface area contributed by atoms with E-state index in [-0.39, 0.29) is 11.2 Å². The zero-order chi connectivity index (χ0) is 17.6. The average molecular weight is 338 g/mol. The molecule has 1 aliphatic carbocycles. The van der Waals surface area contributed by atoms with Gasteiger partial charge in [-0.25, -0.2) is 9.50 Å². The highest BCUT2D eigenvalue weighted by molar-refractivity contribution is 5.77. The largest absolute Gasteiger partial charge is 0.296 e. The molecule has 0 spiro atoms. The maximum absolute atomic E-state index is 12.9. The number of nitro benzene ring substituents is 1. The summed E-state index contributed by atoms with van der Waals surface area (Å²) < 4.78 is 1.48. The Balaban J connectivity index is 1.84. The van der Waals surface area contributed by atoms with Crippen LogP contribution in [0.5, 0.6) is 0 Å². The minimum atomic E-state index is -0.431. The van der Waals surface area contributed by atoms with Gasteiger partial charge < -0.3 is 0 Å². The Morgan fingerprint density at radius 1 is 1.24 bits per heavy atom. The molecular weight excluding hydrogens is 320 g/mol. The first kappa shape index (κ1) is 15.6. The van der Waals surface area contributed by atoms with Gasteiger partial charge in [-0.15, -0.1) is 0 Å². The van der Waals surface area contributed by atoms with E-state index in [1.165, 1.54) is 16.6 Å². The maximum Gasteiger partial charge on any atom is 0.276 e. The van der Waals surface area contributed by atoms with Crippen molar-refractivity contribution < 1.29 is 4.92 Å². The van der Waals surface area contributed by atoms with E-state index < -0.39 is 4.92 Å². The zero-order valence-corrected chi connectivity index (χ0v) is 13.9. The Morgan fingerprint density at radius 3 is 2.56 bits per heavy atom. The predicted molar refractivity (Wildman–Crippen MR) is 93.8 cm³/mol. The van der Waals surface area contributed by atoms with E-state index in [0.717, 1.165) is 48.1 Å². The highest BCUT2D eigenvalue weighted by Gasteiger charge is 2.24. The van der Waals surface area contributed by atoms with Crippen molar-refractivity contribution in [1.29, 1.82) is 0 Å². The topological polar surface area (TPSA) is 93.3 Å². The number of hydrogen-bond donors (Lipinski definition) is 1. The number of aromatic amines is 1. The van der Waals surface area contributed by atoms with Crippen molar-refractivity contribution in [2.75, 3.05) is 0 Å². The summed E-state index contributed by atoms with van der Waals surface area (Å²) in [6.07, 6.45) is 6.12. The fraction of sp³-hybridized carbons (Fsp3) is 0.333. The van der Waals surface area contributed by atoms with Crippen molar-refractivity contribution >= 4 is 11.3 Å². The number of nitrogens with one attached hydrogen (secondary N) is 1. The van der Waals surface area contributed by atoms with Crippen molar-refractivity contribution in [3.05, 3.63) is 62.2 Å². The maximum atomic E-state index is 12.9. The molecule has 0 atom stereocenters. The number of fused-ring (bicyclic) bond motifs is 1. The number of non-ortho nitro benzene ring substituents is 1. The lowest BCUT2D eigenvalue weighted by molar-refractivity contribution is -0.384. The summed E-state index contributed by atoms with van der Waals surface area (Å²) in [6.45, 7) is 1.89. The minimum absolute atomic E-state index is 0.0356. The average Bonchev–Trinajstić information content (AvgIpc) is 3.25. The first-order valence-electron chi connectivity index (χ1n) is 8.41. The highest BCUT2D eigenvalue weighted by atomic mass is 16.6. The molecule has 3 aromatic rings. The standard InChI is InChI=1S/C18H18N4O3/c1-11-16(13-4-2-3-5-13)18(23)21-17(20-11)15(10-19-21)12-6-8-14(9-7-12)22(24)25/h6-10,13,19H,2-5H2,1H3. The molecule has 1 fully saturated rings. The number of hydrogen-bond acceptors (Lipinski definition) is 4. The fourth-order valence-electron chi connectivity index (χ4n) is 3.79. The lowest BCUT2D eigenvalue weighted by Crippen LogP contribution is -2.23. The van der Waals surface area contributed by atoms with Crippen LogP contribution in [0.25, 0.3) is 16.8 Å². The summed E-state index contributed by atoms with van der Waals surface area (Å²) >= 11 is 0. The van der Waals surface area contributed by atoms with Gasteiger partial charge in [-0.05, 0) is 43.4 Å². The molecule has 1 aromatic carbocycles. The van der Waals surface area contributed by atoms with Crippen molar-refractivity contribution in [3.63, 3.8) is 0 Å². The van der Waals surface area contributed by atoms with Gasteiger partial charge in [0.05, 0.1) is 4.92 Å². The molecule has 7 heteroatoms. The van der Waals surface area contributed by atoms with E-state index in [9.17, 15) is 14.9 Å². The first-order valence-corrected chi connectivity index (χ1v) is 8.41. The van der Waals surface area contributed by atoms with Crippen molar-refractivity contribution in [2.45, 2.75) is 38.5 Å². The second-order valence-electron chi connectivity index (χ2n) is 6.55. The van der Waals surface area contributed by atoms with Gasteiger partial charge in [0.15, 0.2) is 5.65 Å². The van der Waals surface area contributed by atoms with Crippen molar-refractivity contribution in [1.82, 2.24) is 14.6 Å². The van der Waals surface area contributed by atoms with Crippen LogP contribution in [0.3, 0.4) is 0 Å². The Labute approximate surface area is 143 Å². The molecule has 0 bridgehead atoms. The third-order valence-electron chi connectivity index (χ3n) is 5.04. The van der Waals surface area contributed by atoms with Gasteiger partial charge in [0.25, 0.3) is 11.2 Å². The van der Waals surface area contributed by atoms with Crippen molar-refractivity contribution in [2.24, 2.45) is 0 Å². The van der Waals surface area contributed by atoms with E-state index in [1.807, 2.05) is 6.92 Å². The molecule has 0 saturated heterocycles. The summed E-state index contributed by atoms with van der Waals surface area (Å²) in [5.74, 6) is 0.294. The molecule has 1 aliphatic rings. The molecule has 0 aliphatic heterocycles. The molecule has 4 rings (SSSR count). The van der Waals surface area contributed by atoms with Gasteiger partial charge in [-0.3, -0.25) is 20.0 Å². The lowest BCUT2D eigenvalue weighted by atomic mass is 9.97. The molecule has 25 heavy (non-hydrogen) atoms.